The number of hydrogen-bond acceptors (Lipinski definition) is 7. The van der Waals surface area contributed by atoms with Crippen molar-refractivity contribution in [3.8, 4) is 0 Å². The van der Waals surface area contributed by atoms with Crippen LogP contribution >= 0.6 is 11.3 Å². The van der Waals surface area contributed by atoms with Gasteiger partial charge in [0, 0.05) is 19.9 Å². The van der Waals surface area contributed by atoms with E-state index in [1.54, 1.807) is 19.9 Å². The molecule has 0 aromatic carbocycles. The topological polar surface area (TPSA) is 111 Å². The molecule has 0 fully saturated rings. The van der Waals surface area contributed by atoms with Crippen LogP contribution in [0.25, 0.3) is 0 Å². The van der Waals surface area contributed by atoms with E-state index in [2.05, 4.69) is 10.6 Å². The number of amides is 2. The molecule has 0 aliphatic heterocycles. The van der Waals surface area contributed by atoms with Crippen LogP contribution in [0.4, 0.5) is 5.00 Å². The maximum atomic E-state index is 11.9. The average Bonchev–Trinajstić information content (AvgIpc) is 2.96. The molecule has 0 radical (unpaired) electrons. The number of unbranched alkanes of at least 4 members (excludes halogenated alkanes) is 2. The maximum Gasteiger partial charge on any atom is 0.348 e. The van der Waals surface area contributed by atoms with Crippen molar-refractivity contribution in [2.45, 2.75) is 46.5 Å². The monoisotopic (exact) mass is 398 g/mol. The summed E-state index contributed by atoms with van der Waals surface area (Å²) in [7, 11) is 0. The summed E-state index contributed by atoms with van der Waals surface area (Å²) >= 11 is 1.12. The normalized spacial score (nSPS) is 10.2. The van der Waals surface area contributed by atoms with Gasteiger partial charge in [-0.25, -0.2) is 4.79 Å². The Balaban J connectivity index is 2.27. The fraction of sp³-hybridized carbons (Fsp3) is 0.556. The lowest BCUT2D eigenvalue weighted by atomic mass is 10.2. The molecule has 0 spiro atoms. The minimum absolute atomic E-state index is 0.0734. The summed E-state index contributed by atoms with van der Waals surface area (Å²) in [6, 6.07) is 1.67. The van der Waals surface area contributed by atoms with Crippen molar-refractivity contribution in [2.75, 3.05) is 25.1 Å². The van der Waals surface area contributed by atoms with Gasteiger partial charge in [0.15, 0.2) is 6.61 Å². The first kappa shape index (κ1) is 22.6. The van der Waals surface area contributed by atoms with Gasteiger partial charge < -0.3 is 20.1 Å². The fourth-order valence-electron chi connectivity index (χ4n) is 2.17. The summed E-state index contributed by atoms with van der Waals surface area (Å²) in [5, 5.41) is 5.78. The highest BCUT2D eigenvalue weighted by Gasteiger charge is 2.16. The van der Waals surface area contributed by atoms with Crippen molar-refractivity contribution >= 4 is 40.1 Å². The van der Waals surface area contributed by atoms with E-state index < -0.39 is 17.8 Å². The van der Waals surface area contributed by atoms with E-state index in [-0.39, 0.29) is 25.5 Å². The molecule has 0 unspecified atom stereocenters. The Labute approximate surface area is 162 Å². The molecule has 9 heteroatoms. The number of nitrogens with one attached hydrogen (secondary N) is 2. The Kier molecular flexibility index (Phi) is 10.1. The Hall–Kier alpha value is -2.42. The molecule has 0 saturated carbocycles. The zero-order valence-corrected chi connectivity index (χ0v) is 16.7. The van der Waals surface area contributed by atoms with Crippen LogP contribution in [0.3, 0.4) is 0 Å². The number of hydrogen-bond donors (Lipinski definition) is 2. The van der Waals surface area contributed by atoms with Crippen molar-refractivity contribution in [3.63, 3.8) is 0 Å². The Morgan fingerprint density at radius 3 is 2.52 bits per heavy atom. The largest absolute Gasteiger partial charge is 0.462 e. The van der Waals surface area contributed by atoms with Gasteiger partial charge in [-0.1, -0.05) is 6.42 Å². The summed E-state index contributed by atoms with van der Waals surface area (Å²) in [5.41, 5.74) is 0.713. The van der Waals surface area contributed by atoms with Gasteiger partial charge >= 0.3 is 11.9 Å². The number of carbonyl (C=O) groups excluding carboxylic acids is 4. The lowest BCUT2D eigenvalue weighted by molar-refractivity contribution is -0.147. The molecule has 0 atom stereocenters. The highest BCUT2D eigenvalue weighted by molar-refractivity contribution is 7.18. The first-order chi connectivity index (χ1) is 12.8. The van der Waals surface area contributed by atoms with E-state index in [9.17, 15) is 19.2 Å². The molecule has 1 heterocycles. The Morgan fingerprint density at radius 1 is 1.11 bits per heavy atom. The Morgan fingerprint density at radius 2 is 1.85 bits per heavy atom. The highest BCUT2D eigenvalue weighted by Crippen LogP contribution is 2.27. The van der Waals surface area contributed by atoms with Crippen LogP contribution < -0.4 is 10.6 Å². The predicted molar refractivity (Wildman–Crippen MR) is 102 cm³/mol. The summed E-state index contributed by atoms with van der Waals surface area (Å²) in [4.78, 5) is 46.4. The van der Waals surface area contributed by atoms with Crippen molar-refractivity contribution in [1.29, 1.82) is 0 Å². The molecule has 8 nitrogen and oxygen atoms in total. The third-order valence-electron chi connectivity index (χ3n) is 3.44. The van der Waals surface area contributed by atoms with Crippen LogP contribution in [0, 0.1) is 6.92 Å². The number of ether oxygens (including phenoxy) is 2. The van der Waals surface area contributed by atoms with E-state index in [0.717, 1.165) is 24.2 Å². The van der Waals surface area contributed by atoms with Crippen molar-refractivity contribution < 1.29 is 28.7 Å². The summed E-state index contributed by atoms with van der Waals surface area (Å²) < 4.78 is 9.88. The van der Waals surface area contributed by atoms with Crippen molar-refractivity contribution in [1.82, 2.24) is 5.32 Å². The van der Waals surface area contributed by atoms with Gasteiger partial charge in [0.1, 0.15) is 4.88 Å². The minimum atomic E-state index is -0.467. The zero-order chi connectivity index (χ0) is 20.2. The van der Waals surface area contributed by atoms with Crippen molar-refractivity contribution in [2.24, 2.45) is 0 Å². The number of aryl methyl sites for hydroxylation is 1. The molecule has 1 rings (SSSR count). The van der Waals surface area contributed by atoms with Crippen LogP contribution in [0.1, 0.15) is 54.8 Å². The molecular weight excluding hydrogens is 372 g/mol. The molecule has 150 valence electrons. The van der Waals surface area contributed by atoms with Gasteiger partial charge in [-0.3, -0.25) is 14.4 Å². The van der Waals surface area contributed by atoms with E-state index in [1.165, 1.54) is 6.92 Å². The van der Waals surface area contributed by atoms with Crippen molar-refractivity contribution in [3.05, 3.63) is 16.5 Å². The van der Waals surface area contributed by atoms with Crippen LogP contribution in [-0.2, 0) is 23.9 Å². The minimum Gasteiger partial charge on any atom is -0.462 e. The molecule has 1 aromatic heterocycles. The van der Waals surface area contributed by atoms with Crippen LogP contribution in [0.5, 0.6) is 0 Å². The number of anilines is 1. The van der Waals surface area contributed by atoms with Gasteiger partial charge in [-0.05, 0) is 38.3 Å². The van der Waals surface area contributed by atoms with E-state index in [0.29, 0.717) is 28.4 Å². The zero-order valence-electron chi connectivity index (χ0n) is 15.9. The number of rotatable bonds is 11. The first-order valence-corrected chi connectivity index (χ1v) is 9.62. The molecule has 0 saturated heterocycles. The smallest absolute Gasteiger partial charge is 0.348 e. The first-order valence-electron chi connectivity index (χ1n) is 8.81. The molecule has 0 bridgehead atoms. The summed E-state index contributed by atoms with van der Waals surface area (Å²) in [6.45, 7) is 5.42. The third-order valence-corrected chi connectivity index (χ3v) is 4.57. The van der Waals surface area contributed by atoms with E-state index in [4.69, 9.17) is 9.47 Å². The fourth-order valence-corrected chi connectivity index (χ4v) is 3.15. The average molecular weight is 398 g/mol. The number of thiophene rings is 1. The van der Waals surface area contributed by atoms with Crippen LogP contribution in [0.2, 0.25) is 0 Å². The van der Waals surface area contributed by atoms with Gasteiger partial charge in [-0.15, -0.1) is 11.3 Å². The van der Waals surface area contributed by atoms with Crippen LogP contribution in [0.15, 0.2) is 6.07 Å². The molecule has 27 heavy (non-hydrogen) atoms. The third kappa shape index (κ3) is 9.18. The van der Waals surface area contributed by atoms with Gasteiger partial charge in [0.05, 0.1) is 11.6 Å². The quantitative estimate of drug-likeness (QED) is 0.437. The standard InChI is InChI=1S/C18H26N2O6S/c1-4-25-18(24)17-12(2)10-15(27-17)20-14(22)11-26-16(23)8-6-5-7-9-19-13(3)21/h10H,4-9,11H2,1-3H3,(H,19,21)(H,20,22). The second-order valence-corrected chi connectivity index (χ2v) is 6.90. The molecular formula is C18H26N2O6S. The molecule has 2 amide bonds. The second-order valence-electron chi connectivity index (χ2n) is 5.85. The van der Waals surface area contributed by atoms with E-state index in [1.807, 2.05) is 0 Å². The summed E-state index contributed by atoms with van der Waals surface area (Å²) in [6.07, 6.45) is 2.42. The number of carbonyl (C=O) groups is 4. The SMILES string of the molecule is CCOC(=O)c1sc(NC(=O)COC(=O)CCCCCNC(C)=O)cc1C. The summed E-state index contributed by atoms with van der Waals surface area (Å²) in [5.74, 6) is -1.41. The van der Waals surface area contributed by atoms with Gasteiger partial charge in [-0.2, -0.15) is 0 Å². The van der Waals surface area contributed by atoms with Gasteiger partial charge in [0.2, 0.25) is 5.91 Å². The van der Waals surface area contributed by atoms with Crippen LogP contribution in [-0.4, -0.2) is 43.5 Å². The molecule has 0 aliphatic rings. The Bertz CT molecular complexity index is 671. The number of esters is 2. The molecule has 2 N–H and O–H groups in total. The van der Waals surface area contributed by atoms with E-state index >= 15 is 0 Å². The highest BCUT2D eigenvalue weighted by atomic mass is 32.1. The predicted octanol–water partition coefficient (Wildman–Crippen LogP) is 2.41. The van der Waals surface area contributed by atoms with Gasteiger partial charge in [0.25, 0.3) is 5.91 Å². The maximum absolute atomic E-state index is 11.9. The lowest BCUT2D eigenvalue weighted by Crippen LogP contribution is -2.21. The lowest BCUT2D eigenvalue weighted by Gasteiger charge is -2.05. The molecule has 0 aliphatic carbocycles. The second kappa shape index (κ2) is 12.1. The molecule has 1 aromatic rings.